The summed E-state index contributed by atoms with van der Waals surface area (Å²) in [6.45, 7) is 0.685. The van der Waals surface area contributed by atoms with Crippen molar-refractivity contribution in [2.45, 2.75) is 18.9 Å². The number of aromatic nitrogens is 2. The molecule has 0 amide bonds. The molecule has 2 heterocycles. The second kappa shape index (κ2) is 3.62. The maximum Gasteiger partial charge on any atom is 0.194 e. The first-order valence-corrected chi connectivity index (χ1v) is 4.29. The van der Waals surface area contributed by atoms with E-state index in [0.717, 1.165) is 12.8 Å². The first-order valence-electron chi connectivity index (χ1n) is 4.29. The molecule has 13 heavy (non-hydrogen) atoms. The van der Waals surface area contributed by atoms with E-state index in [1.165, 1.54) is 18.7 Å². The van der Waals surface area contributed by atoms with Crippen LogP contribution in [-0.4, -0.2) is 28.5 Å². The van der Waals surface area contributed by atoms with Gasteiger partial charge < -0.3 is 4.74 Å². The van der Waals surface area contributed by atoms with Crippen LogP contribution >= 0.6 is 0 Å². The van der Waals surface area contributed by atoms with E-state index >= 15 is 0 Å². The predicted octanol–water partition coefficient (Wildman–Crippen LogP) is 0.838. The van der Waals surface area contributed by atoms with Gasteiger partial charge in [-0.05, 0) is 12.8 Å². The van der Waals surface area contributed by atoms with E-state index in [4.69, 9.17) is 4.74 Å². The molecular formula is C9H10N2O2. The van der Waals surface area contributed by atoms with E-state index in [1.54, 1.807) is 0 Å². The Kier molecular flexibility index (Phi) is 2.31. The van der Waals surface area contributed by atoms with Crippen LogP contribution in [0, 0.1) is 0 Å². The molecule has 0 radical (unpaired) electrons. The van der Waals surface area contributed by atoms with Crippen molar-refractivity contribution >= 4 is 5.78 Å². The van der Waals surface area contributed by atoms with E-state index in [1.807, 2.05) is 0 Å². The van der Waals surface area contributed by atoms with Gasteiger partial charge in [0.05, 0.1) is 5.56 Å². The monoisotopic (exact) mass is 178 g/mol. The molecule has 0 bridgehead atoms. The summed E-state index contributed by atoms with van der Waals surface area (Å²) >= 11 is 0. The second-order valence-electron chi connectivity index (χ2n) is 2.99. The minimum atomic E-state index is -0.272. The van der Waals surface area contributed by atoms with Crippen molar-refractivity contribution in [1.29, 1.82) is 0 Å². The third-order valence-corrected chi connectivity index (χ3v) is 2.07. The maximum atomic E-state index is 11.6. The molecule has 0 aromatic carbocycles. The minimum absolute atomic E-state index is 0.00176. The Morgan fingerprint density at radius 3 is 2.85 bits per heavy atom. The minimum Gasteiger partial charge on any atom is -0.370 e. The van der Waals surface area contributed by atoms with Crippen LogP contribution in [0.25, 0.3) is 0 Å². The highest BCUT2D eigenvalue weighted by Crippen LogP contribution is 2.16. The van der Waals surface area contributed by atoms with Gasteiger partial charge in [-0.1, -0.05) is 0 Å². The zero-order valence-corrected chi connectivity index (χ0v) is 7.14. The van der Waals surface area contributed by atoms with Crippen molar-refractivity contribution in [2.24, 2.45) is 0 Å². The van der Waals surface area contributed by atoms with E-state index in [-0.39, 0.29) is 11.9 Å². The van der Waals surface area contributed by atoms with Crippen molar-refractivity contribution in [1.82, 2.24) is 9.97 Å². The van der Waals surface area contributed by atoms with Gasteiger partial charge in [0, 0.05) is 19.0 Å². The van der Waals surface area contributed by atoms with E-state index < -0.39 is 0 Å². The summed E-state index contributed by atoms with van der Waals surface area (Å²) in [6.07, 6.45) is 5.96. The fraction of sp³-hybridized carbons (Fsp3) is 0.444. The van der Waals surface area contributed by atoms with Crippen LogP contribution in [0.3, 0.4) is 0 Å². The molecular weight excluding hydrogens is 168 g/mol. The van der Waals surface area contributed by atoms with Crippen LogP contribution in [0.15, 0.2) is 18.7 Å². The Bertz CT molecular complexity index is 294. The summed E-state index contributed by atoms with van der Waals surface area (Å²) in [5, 5.41) is 0. The van der Waals surface area contributed by atoms with Gasteiger partial charge in [0.1, 0.15) is 12.4 Å². The molecule has 1 atom stereocenters. The van der Waals surface area contributed by atoms with Gasteiger partial charge in [-0.25, -0.2) is 9.97 Å². The van der Waals surface area contributed by atoms with Crippen LogP contribution in [0.4, 0.5) is 0 Å². The summed E-state index contributed by atoms with van der Waals surface area (Å²) in [5.74, 6) is -0.00176. The molecule has 0 unspecified atom stereocenters. The van der Waals surface area contributed by atoms with Gasteiger partial charge in [-0.2, -0.15) is 0 Å². The first kappa shape index (κ1) is 8.31. The molecule has 0 N–H and O–H groups in total. The highest BCUT2D eigenvalue weighted by molar-refractivity contribution is 5.99. The zero-order chi connectivity index (χ0) is 9.10. The topological polar surface area (TPSA) is 52.1 Å². The predicted molar refractivity (Wildman–Crippen MR) is 45.3 cm³/mol. The lowest BCUT2D eigenvalue weighted by Gasteiger charge is -2.06. The average molecular weight is 178 g/mol. The van der Waals surface area contributed by atoms with Crippen LogP contribution in [0.1, 0.15) is 23.2 Å². The van der Waals surface area contributed by atoms with Gasteiger partial charge in [0.15, 0.2) is 5.78 Å². The fourth-order valence-electron chi connectivity index (χ4n) is 1.40. The van der Waals surface area contributed by atoms with Gasteiger partial charge >= 0.3 is 0 Å². The summed E-state index contributed by atoms with van der Waals surface area (Å²) in [5.41, 5.74) is 0.536. The van der Waals surface area contributed by atoms with Crippen molar-refractivity contribution in [3.8, 4) is 0 Å². The van der Waals surface area contributed by atoms with Crippen LogP contribution in [0.5, 0.6) is 0 Å². The lowest BCUT2D eigenvalue weighted by Crippen LogP contribution is -2.19. The third kappa shape index (κ3) is 1.72. The number of hydrogen-bond acceptors (Lipinski definition) is 4. The molecule has 1 aromatic rings. The average Bonchev–Trinajstić information content (AvgIpc) is 2.71. The highest BCUT2D eigenvalue weighted by atomic mass is 16.5. The third-order valence-electron chi connectivity index (χ3n) is 2.07. The molecule has 0 aliphatic carbocycles. The van der Waals surface area contributed by atoms with Crippen LogP contribution in [0.2, 0.25) is 0 Å². The largest absolute Gasteiger partial charge is 0.370 e. The number of carbonyl (C=O) groups is 1. The lowest BCUT2D eigenvalue weighted by molar-refractivity contribution is 0.0642. The number of ether oxygens (including phenoxy) is 1. The van der Waals surface area contributed by atoms with Gasteiger partial charge in [0.25, 0.3) is 0 Å². The molecule has 1 fully saturated rings. The molecule has 68 valence electrons. The number of Topliss-reactive ketones (excluding diaryl/α,β-unsaturated/α-hetero) is 1. The second-order valence-corrected chi connectivity index (χ2v) is 2.99. The summed E-state index contributed by atoms with van der Waals surface area (Å²) in [4.78, 5) is 19.2. The molecule has 0 saturated carbocycles. The SMILES string of the molecule is O=C(c1cncnc1)[C@@H]1CCCO1. The summed E-state index contributed by atoms with van der Waals surface area (Å²) in [7, 11) is 0. The van der Waals surface area contributed by atoms with Crippen molar-refractivity contribution in [3.63, 3.8) is 0 Å². The van der Waals surface area contributed by atoms with Crippen molar-refractivity contribution in [3.05, 3.63) is 24.3 Å². The van der Waals surface area contributed by atoms with Gasteiger partial charge in [0.2, 0.25) is 0 Å². The Morgan fingerprint density at radius 2 is 2.23 bits per heavy atom. The Hall–Kier alpha value is -1.29. The van der Waals surface area contributed by atoms with E-state index in [0.29, 0.717) is 12.2 Å². The molecule has 0 spiro atoms. The quantitative estimate of drug-likeness (QED) is 0.629. The number of ketones is 1. The van der Waals surface area contributed by atoms with E-state index in [9.17, 15) is 4.79 Å². The number of nitrogens with zero attached hydrogens (tertiary/aromatic N) is 2. The van der Waals surface area contributed by atoms with Crippen molar-refractivity contribution < 1.29 is 9.53 Å². The number of hydrogen-bond donors (Lipinski definition) is 0. The standard InChI is InChI=1S/C9H10N2O2/c12-9(8-2-1-3-13-8)7-4-10-6-11-5-7/h4-6,8H,1-3H2/t8-/m0/s1. The maximum absolute atomic E-state index is 11.6. The van der Waals surface area contributed by atoms with Crippen LogP contribution < -0.4 is 0 Å². The van der Waals surface area contributed by atoms with E-state index in [2.05, 4.69) is 9.97 Å². The molecule has 1 aromatic heterocycles. The Labute approximate surface area is 76.0 Å². The normalized spacial score (nSPS) is 21.7. The van der Waals surface area contributed by atoms with Crippen molar-refractivity contribution in [2.75, 3.05) is 6.61 Å². The molecule has 4 heteroatoms. The lowest BCUT2D eigenvalue weighted by atomic mass is 10.1. The molecule has 1 aliphatic heterocycles. The zero-order valence-electron chi connectivity index (χ0n) is 7.14. The molecule has 1 saturated heterocycles. The number of rotatable bonds is 2. The molecule has 2 rings (SSSR count). The van der Waals surface area contributed by atoms with Gasteiger partial charge in [-0.3, -0.25) is 4.79 Å². The van der Waals surface area contributed by atoms with Crippen LogP contribution in [-0.2, 0) is 4.74 Å². The Morgan fingerprint density at radius 1 is 1.46 bits per heavy atom. The number of carbonyl (C=O) groups excluding carboxylic acids is 1. The first-order chi connectivity index (χ1) is 6.38. The van der Waals surface area contributed by atoms with Gasteiger partial charge in [-0.15, -0.1) is 0 Å². The summed E-state index contributed by atoms with van der Waals surface area (Å²) < 4.78 is 5.26. The smallest absolute Gasteiger partial charge is 0.194 e. The molecule has 4 nitrogen and oxygen atoms in total. The fourth-order valence-corrected chi connectivity index (χ4v) is 1.40. The Balaban J connectivity index is 2.13. The highest BCUT2D eigenvalue weighted by Gasteiger charge is 2.24. The summed E-state index contributed by atoms with van der Waals surface area (Å²) in [6, 6.07) is 0. The molecule has 1 aliphatic rings.